The normalized spacial score (nSPS) is 10.9. The standard InChI is InChI=1S/C17H21BrN2O2/c1-22-17-8-7-16(18)11-15(17)13-20(10-9-19-21)12-14-5-3-2-4-6-14/h2-8,11,19,21H,9-10,12-13H2,1H3. The largest absolute Gasteiger partial charge is 0.496 e. The van der Waals surface area contributed by atoms with Gasteiger partial charge >= 0.3 is 0 Å². The number of hydroxylamine groups is 1. The van der Waals surface area contributed by atoms with Gasteiger partial charge in [-0.3, -0.25) is 4.90 Å². The average Bonchev–Trinajstić information content (AvgIpc) is 2.54. The van der Waals surface area contributed by atoms with Crippen LogP contribution >= 0.6 is 15.9 Å². The summed E-state index contributed by atoms with van der Waals surface area (Å²) in [6.45, 7) is 2.82. The van der Waals surface area contributed by atoms with Crippen LogP contribution in [0.25, 0.3) is 0 Å². The number of nitrogens with one attached hydrogen (secondary N) is 1. The van der Waals surface area contributed by atoms with Crippen LogP contribution in [0.3, 0.4) is 0 Å². The molecule has 5 heteroatoms. The summed E-state index contributed by atoms with van der Waals surface area (Å²) in [4.78, 5) is 2.27. The van der Waals surface area contributed by atoms with Crippen LogP contribution in [0.4, 0.5) is 0 Å². The van der Waals surface area contributed by atoms with Crippen LogP contribution in [0.2, 0.25) is 0 Å². The summed E-state index contributed by atoms with van der Waals surface area (Å²) in [5, 5.41) is 8.88. The Balaban J connectivity index is 2.14. The van der Waals surface area contributed by atoms with Crippen molar-refractivity contribution in [1.29, 1.82) is 0 Å². The van der Waals surface area contributed by atoms with Crippen LogP contribution in [-0.4, -0.2) is 30.3 Å². The molecule has 4 nitrogen and oxygen atoms in total. The molecule has 0 heterocycles. The van der Waals surface area contributed by atoms with E-state index in [1.165, 1.54) is 5.56 Å². The monoisotopic (exact) mass is 364 g/mol. The van der Waals surface area contributed by atoms with Crippen LogP contribution in [-0.2, 0) is 13.1 Å². The molecule has 0 atom stereocenters. The van der Waals surface area contributed by atoms with E-state index in [0.29, 0.717) is 6.54 Å². The maximum absolute atomic E-state index is 8.88. The van der Waals surface area contributed by atoms with E-state index in [1.807, 2.05) is 30.3 Å². The number of hydrogen-bond acceptors (Lipinski definition) is 4. The summed E-state index contributed by atoms with van der Waals surface area (Å²) in [7, 11) is 1.68. The van der Waals surface area contributed by atoms with E-state index in [2.05, 4.69) is 44.5 Å². The molecule has 0 fully saturated rings. The van der Waals surface area contributed by atoms with Gasteiger partial charge in [0.25, 0.3) is 0 Å². The van der Waals surface area contributed by atoms with Crippen LogP contribution in [0.15, 0.2) is 53.0 Å². The zero-order valence-corrected chi connectivity index (χ0v) is 14.2. The third kappa shape index (κ3) is 5.10. The van der Waals surface area contributed by atoms with E-state index in [-0.39, 0.29) is 0 Å². The average molecular weight is 365 g/mol. The van der Waals surface area contributed by atoms with Gasteiger partial charge in [0, 0.05) is 36.2 Å². The minimum Gasteiger partial charge on any atom is -0.496 e. The van der Waals surface area contributed by atoms with E-state index in [1.54, 1.807) is 7.11 Å². The first-order valence-electron chi connectivity index (χ1n) is 7.18. The number of rotatable bonds is 8. The lowest BCUT2D eigenvalue weighted by atomic mass is 10.1. The Bertz CT molecular complexity index is 578. The van der Waals surface area contributed by atoms with Crippen LogP contribution in [0, 0.1) is 0 Å². The van der Waals surface area contributed by atoms with E-state index >= 15 is 0 Å². The van der Waals surface area contributed by atoms with Crippen LogP contribution < -0.4 is 10.2 Å². The zero-order chi connectivity index (χ0) is 15.8. The van der Waals surface area contributed by atoms with Crippen molar-refractivity contribution >= 4 is 15.9 Å². The SMILES string of the molecule is COc1ccc(Br)cc1CN(CCNO)Cc1ccccc1. The molecule has 0 saturated carbocycles. The Hall–Kier alpha value is -1.40. The van der Waals surface area contributed by atoms with Gasteiger partial charge < -0.3 is 9.94 Å². The summed E-state index contributed by atoms with van der Waals surface area (Å²) in [5.41, 5.74) is 4.59. The fraction of sp³-hybridized carbons (Fsp3) is 0.294. The minimum atomic E-state index is 0.517. The molecule has 2 rings (SSSR count). The Morgan fingerprint density at radius 3 is 2.59 bits per heavy atom. The first-order chi connectivity index (χ1) is 10.7. The third-order valence-electron chi connectivity index (χ3n) is 3.43. The number of benzene rings is 2. The first-order valence-corrected chi connectivity index (χ1v) is 7.98. The predicted octanol–water partition coefficient (Wildman–Crippen LogP) is 3.44. The van der Waals surface area contributed by atoms with E-state index < -0.39 is 0 Å². The number of halogens is 1. The van der Waals surface area contributed by atoms with Gasteiger partial charge in [0.15, 0.2) is 0 Å². The molecule has 22 heavy (non-hydrogen) atoms. The van der Waals surface area contributed by atoms with Crippen molar-refractivity contribution in [2.75, 3.05) is 20.2 Å². The highest BCUT2D eigenvalue weighted by Gasteiger charge is 2.11. The lowest BCUT2D eigenvalue weighted by Gasteiger charge is -2.23. The summed E-state index contributed by atoms with van der Waals surface area (Å²) in [6, 6.07) is 16.3. The minimum absolute atomic E-state index is 0.517. The van der Waals surface area contributed by atoms with Crippen molar-refractivity contribution in [2.24, 2.45) is 0 Å². The number of hydrogen-bond donors (Lipinski definition) is 2. The molecule has 0 unspecified atom stereocenters. The highest BCUT2D eigenvalue weighted by molar-refractivity contribution is 9.10. The van der Waals surface area contributed by atoms with E-state index in [0.717, 1.165) is 35.4 Å². The maximum Gasteiger partial charge on any atom is 0.123 e. The maximum atomic E-state index is 8.88. The number of methoxy groups -OCH3 is 1. The fourth-order valence-corrected chi connectivity index (χ4v) is 2.78. The molecule has 0 amide bonds. The second-order valence-electron chi connectivity index (χ2n) is 5.06. The van der Waals surface area contributed by atoms with Crippen molar-refractivity contribution in [1.82, 2.24) is 10.4 Å². The van der Waals surface area contributed by atoms with Crippen molar-refractivity contribution < 1.29 is 9.94 Å². The second-order valence-corrected chi connectivity index (χ2v) is 5.98. The van der Waals surface area contributed by atoms with Gasteiger partial charge in [-0.05, 0) is 23.8 Å². The number of nitrogens with zero attached hydrogens (tertiary/aromatic N) is 1. The molecule has 118 valence electrons. The molecule has 2 aromatic carbocycles. The van der Waals surface area contributed by atoms with Gasteiger partial charge in [-0.15, -0.1) is 0 Å². The lowest BCUT2D eigenvalue weighted by molar-refractivity contribution is 0.142. The molecule has 0 aromatic heterocycles. The summed E-state index contributed by atoms with van der Waals surface area (Å²) >= 11 is 3.51. The third-order valence-corrected chi connectivity index (χ3v) is 3.92. The summed E-state index contributed by atoms with van der Waals surface area (Å²) < 4.78 is 6.47. The molecule has 2 aromatic rings. The Morgan fingerprint density at radius 2 is 1.91 bits per heavy atom. The molecule has 0 aliphatic rings. The van der Waals surface area contributed by atoms with Crippen LogP contribution in [0.1, 0.15) is 11.1 Å². The lowest BCUT2D eigenvalue weighted by Crippen LogP contribution is -2.30. The topological polar surface area (TPSA) is 44.7 Å². The number of ether oxygens (including phenoxy) is 1. The summed E-state index contributed by atoms with van der Waals surface area (Å²) in [5.74, 6) is 0.873. The van der Waals surface area contributed by atoms with Crippen molar-refractivity contribution in [3.05, 3.63) is 64.1 Å². The Labute approximate surface area is 139 Å². The van der Waals surface area contributed by atoms with Gasteiger partial charge in [-0.25, -0.2) is 5.48 Å². The van der Waals surface area contributed by atoms with Gasteiger partial charge in [-0.2, -0.15) is 0 Å². The van der Waals surface area contributed by atoms with Gasteiger partial charge in [0.05, 0.1) is 7.11 Å². The highest BCUT2D eigenvalue weighted by atomic mass is 79.9. The molecular formula is C17H21BrN2O2. The molecule has 0 aliphatic carbocycles. The molecular weight excluding hydrogens is 344 g/mol. The molecule has 0 spiro atoms. The Kier molecular flexibility index (Phi) is 6.86. The van der Waals surface area contributed by atoms with Gasteiger partial charge in [-0.1, -0.05) is 46.3 Å². The Morgan fingerprint density at radius 1 is 1.14 bits per heavy atom. The second kappa shape index (κ2) is 8.90. The predicted molar refractivity (Wildman–Crippen MR) is 91.0 cm³/mol. The zero-order valence-electron chi connectivity index (χ0n) is 12.6. The quantitative estimate of drug-likeness (QED) is 0.704. The first kappa shape index (κ1) is 17.0. The molecule has 0 bridgehead atoms. The van der Waals surface area contributed by atoms with E-state index in [4.69, 9.17) is 9.94 Å². The van der Waals surface area contributed by atoms with Gasteiger partial charge in [0.1, 0.15) is 5.75 Å². The molecule has 2 N–H and O–H groups in total. The van der Waals surface area contributed by atoms with Crippen molar-refractivity contribution in [3.63, 3.8) is 0 Å². The van der Waals surface area contributed by atoms with Crippen LogP contribution in [0.5, 0.6) is 5.75 Å². The highest BCUT2D eigenvalue weighted by Crippen LogP contribution is 2.24. The fourth-order valence-electron chi connectivity index (χ4n) is 2.38. The van der Waals surface area contributed by atoms with Crippen molar-refractivity contribution in [2.45, 2.75) is 13.1 Å². The molecule has 0 radical (unpaired) electrons. The summed E-state index contributed by atoms with van der Waals surface area (Å²) in [6.07, 6.45) is 0. The van der Waals surface area contributed by atoms with E-state index in [9.17, 15) is 0 Å². The smallest absolute Gasteiger partial charge is 0.123 e. The van der Waals surface area contributed by atoms with Gasteiger partial charge in [0.2, 0.25) is 0 Å². The molecule has 0 aliphatic heterocycles. The molecule has 0 saturated heterocycles. The van der Waals surface area contributed by atoms with Crippen molar-refractivity contribution in [3.8, 4) is 5.75 Å².